The quantitative estimate of drug-likeness (QED) is 0.735. The number of aromatic nitrogens is 1. The molecule has 0 unspecified atom stereocenters. The van der Waals surface area contributed by atoms with Gasteiger partial charge in [-0.1, -0.05) is 18.6 Å². The largest absolute Gasteiger partial charge is 0.294 e. The van der Waals surface area contributed by atoms with Crippen molar-refractivity contribution in [2.75, 3.05) is 13.1 Å². The summed E-state index contributed by atoms with van der Waals surface area (Å²) in [5.41, 5.74) is 0.326. The molecule has 2 heterocycles. The molecular formula is C16H20N2. The fourth-order valence-electron chi connectivity index (χ4n) is 4.24. The van der Waals surface area contributed by atoms with Gasteiger partial charge in [0.05, 0.1) is 0 Å². The van der Waals surface area contributed by atoms with Crippen LogP contribution in [0.4, 0.5) is 0 Å². The third-order valence-corrected chi connectivity index (χ3v) is 5.10. The van der Waals surface area contributed by atoms with Gasteiger partial charge in [0, 0.05) is 17.9 Å². The van der Waals surface area contributed by atoms with Crippen molar-refractivity contribution in [2.24, 2.45) is 5.92 Å². The standard InChI is InChI=1S/C16H20N2/c1-2-9-18(8-1)16-6-3-4-15(16)10-13-5-7-17-12-14(13)11-16/h5,7,10-12,15H,1-4,6,8-9H2/t15-,16-/m0/s1. The van der Waals surface area contributed by atoms with Crippen LogP contribution in [0.2, 0.25) is 0 Å². The number of hydrogen-bond acceptors (Lipinski definition) is 2. The molecule has 0 N–H and O–H groups in total. The zero-order chi connectivity index (χ0) is 12.0. The summed E-state index contributed by atoms with van der Waals surface area (Å²) >= 11 is 0. The van der Waals surface area contributed by atoms with E-state index in [4.69, 9.17) is 0 Å². The Balaban J connectivity index is 1.89. The van der Waals surface area contributed by atoms with Crippen LogP contribution in [-0.4, -0.2) is 28.5 Å². The lowest BCUT2D eigenvalue weighted by Gasteiger charge is -2.41. The normalized spacial score (nSPS) is 34.6. The summed E-state index contributed by atoms with van der Waals surface area (Å²) in [6.45, 7) is 2.58. The number of hydrogen-bond donors (Lipinski definition) is 0. The van der Waals surface area contributed by atoms with E-state index >= 15 is 0 Å². The number of pyridine rings is 1. The predicted molar refractivity (Wildman–Crippen MR) is 73.3 cm³/mol. The van der Waals surface area contributed by atoms with Gasteiger partial charge in [-0.15, -0.1) is 0 Å². The highest BCUT2D eigenvalue weighted by Gasteiger charge is 2.46. The van der Waals surface area contributed by atoms with E-state index in [1.54, 1.807) is 0 Å². The minimum Gasteiger partial charge on any atom is -0.294 e. The van der Waals surface area contributed by atoms with E-state index in [2.05, 4.69) is 28.1 Å². The number of rotatable bonds is 1. The van der Waals surface area contributed by atoms with Gasteiger partial charge in [0.2, 0.25) is 0 Å². The Morgan fingerprint density at radius 3 is 2.94 bits per heavy atom. The van der Waals surface area contributed by atoms with Crippen molar-refractivity contribution >= 4 is 12.2 Å². The zero-order valence-corrected chi connectivity index (χ0v) is 10.8. The van der Waals surface area contributed by atoms with Gasteiger partial charge in [-0.05, 0) is 61.2 Å². The zero-order valence-electron chi connectivity index (χ0n) is 10.8. The second-order valence-corrected chi connectivity index (χ2v) is 6.00. The van der Waals surface area contributed by atoms with Gasteiger partial charge in [0.25, 0.3) is 0 Å². The molecule has 94 valence electrons. The molecule has 1 aliphatic heterocycles. The molecule has 2 fully saturated rings. The molecule has 1 aromatic rings. The minimum absolute atomic E-state index is 0.326. The number of likely N-dealkylation sites (tertiary alicyclic amines) is 1. The first kappa shape index (κ1) is 10.7. The molecule has 0 bridgehead atoms. The molecule has 0 radical (unpaired) electrons. The summed E-state index contributed by atoms with van der Waals surface area (Å²) in [6, 6.07) is 2.16. The van der Waals surface area contributed by atoms with Crippen molar-refractivity contribution in [2.45, 2.75) is 37.6 Å². The van der Waals surface area contributed by atoms with Gasteiger partial charge >= 0.3 is 0 Å². The molecule has 3 aliphatic rings. The lowest BCUT2D eigenvalue weighted by atomic mass is 9.81. The monoisotopic (exact) mass is 240 g/mol. The molecule has 1 saturated heterocycles. The molecule has 2 aliphatic carbocycles. The average Bonchev–Trinajstić information content (AvgIpc) is 3.05. The van der Waals surface area contributed by atoms with Crippen molar-refractivity contribution < 1.29 is 0 Å². The van der Waals surface area contributed by atoms with Gasteiger partial charge in [-0.3, -0.25) is 9.88 Å². The molecular weight excluding hydrogens is 220 g/mol. The van der Waals surface area contributed by atoms with E-state index < -0.39 is 0 Å². The lowest BCUT2D eigenvalue weighted by Crippen LogP contribution is -2.52. The number of nitrogens with zero attached hydrogens (tertiary/aromatic N) is 2. The van der Waals surface area contributed by atoms with Crippen LogP contribution in [-0.2, 0) is 0 Å². The Labute approximate surface area is 108 Å². The molecule has 1 aromatic heterocycles. The van der Waals surface area contributed by atoms with Crippen molar-refractivity contribution in [1.82, 2.24) is 9.88 Å². The van der Waals surface area contributed by atoms with Crippen LogP contribution in [0, 0.1) is 5.92 Å². The van der Waals surface area contributed by atoms with E-state index in [1.807, 2.05) is 12.4 Å². The highest BCUT2D eigenvalue weighted by Crippen LogP contribution is 2.44. The third-order valence-electron chi connectivity index (χ3n) is 5.10. The second kappa shape index (κ2) is 3.92. The summed E-state index contributed by atoms with van der Waals surface area (Å²) < 4.78 is 0. The molecule has 0 aromatic carbocycles. The van der Waals surface area contributed by atoms with Crippen LogP contribution >= 0.6 is 0 Å². The van der Waals surface area contributed by atoms with E-state index in [9.17, 15) is 0 Å². The highest BCUT2D eigenvalue weighted by atomic mass is 15.2. The second-order valence-electron chi connectivity index (χ2n) is 6.00. The minimum atomic E-state index is 0.326. The van der Waals surface area contributed by atoms with Crippen LogP contribution in [0.1, 0.15) is 32.1 Å². The fourth-order valence-corrected chi connectivity index (χ4v) is 4.24. The maximum absolute atomic E-state index is 4.30. The first-order chi connectivity index (χ1) is 8.88. The summed E-state index contributed by atoms with van der Waals surface area (Å²) in [6.07, 6.45) is 15.8. The summed E-state index contributed by atoms with van der Waals surface area (Å²) in [5, 5.41) is 2.74. The Kier molecular flexibility index (Phi) is 2.34. The Hall–Kier alpha value is -1.15. The first-order valence-electron chi connectivity index (χ1n) is 7.28. The van der Waals surface area contributed by atoms with E-state index in [-0.39, 0.29) is 0 Å². The lowest BCUT2D eigenvalue weighted by molar-refractivity contribution is 0.161. The Morgan fingerprint density at radius 1 is 1.17 bits per heavy atom. The maximum atomic E-state index is 4.30. The van der Waals surface area contributed by atoms with Gasteiger partial charge in [0.15, 0.2) is 0 Å². The summed E-state index contributed by atoms with van der Waals surface area (Å²) in [7, 11) is 0. The molecule has 2 heteroatoms. The SMILES string of the molecule is C1=c2ccncc2=C[C@@]2(N3CCCC3)CCC[C@@H]12. The highest BCUT2D eigenvalue weighted by molar-refractivity contribution is 5.52. The van der Waals surface area contributed by atoms with Crippen molar-refractivity contribution in [1.29, 1.82) is 0 Å². The molecule has 2 nitrogen and oxygen atoms in total. The predicted octanol–water partition coefficient (Wildman–Crippen LogP) is 1.29. The van der Waals surface area contributed by atoms with Crippen molar-refractivity contribution in [3.8, 4) is 0 Å². The van der Waals surface area contributed by atoms with Gasteiger partial charge in [-0.25, -0.2) is 0 Å². The van der Waals surface area contributed by atoms with E-state index in [0.717, 1.165) is 5.92 Å². The molecule has 0 spiro atoms. The maximum Gasteiger partial charge on any atom is 0.0463 e. The topological polar surface area (TPSA) is 16.1 Å². The Bertz CT molecular complexity index is 571. The average molecular weight is 240 g/mol. The summed E-state index contributed by atoms with van der Waals surface area (Å²) in [5.74, 6) is 0.727. The fraction of sp³-hybridized carbons (Fsp3) is 0.562. The van der Waals surface area contributed by atoms with Crippen LogP contribution < -0.4 is 10.4 Å². The van der Waals surface area contributed by atoms with E-state index in [1.165, 1.54) is 55.6 Å². The number of fused-ring (bicyclic) bond motifs is 2. The van der Waals surface area contributed by atoms with Crippen LogP contribution in [0.3, 0.4) is 0 Å². The molecule has 1 saturated carbocycles. The molecule has 2 atom stereocenters. The molecule has 18 heavy (non-hydrogen) atoms. The Morgan fingerprint density at radius 2 is 2.06 bits per heavy atom. The van der Waals surface area contributed by atoms with Gasteiger partial charge in [-0.2, -0.15) is 0 Å². The van der Waals surface area contributed by atoms with Crippen LogP contribution in [0.25, 0.3) is 12.2 Å². The van der Waals surface area contributed by atoms with Crippen LogP contribution in [0.5, 0.6) is 0 Å². The van der Waals surface area contributed by atoms with Gasteiger partial charge in [0.1, 0.15) is 0 Å². The van der Waals surface area contributed by atoms with Crippen molar-refractivity contribution in [3.05, 3.63) is 28.9 Å². The molecule has 4 rings (SSSR count). The summed E-state index contributed by atoms with van der Waals surface area (Å²) in [4.78, 5) is 7.05. The van der Waals surface area contributed by atoms with Gasteiger partial charge < -0.3 is 0 Å². The first-order valence-corrected chi connectivity index (χ1v) is 7.28. The van der Waals surface area contributed by atoms with Crippen molar-refractivity contribution in [3.63, 3.8) is 0 Å². The smallest absolute Gasteiger partial charge is 0.0463 e. The van der Waals surface area contributed by atoms with E-state index in [0.29, 0.717) is 5.54 Å². The molecule has 0 amide bonds. The van der Waals surface area contributed by atoms with Crippen LogP contribution in [0.15, 0.2) is 18.5 Å². The third kappa shape index (κ3) is 1.42.